The Morgan fingerprint density at radius 2 is 1.62 bits per heavy atom. The van der Waals surface area contributed by atoms with E-state index in [2.05, 4.69) is 39.1 Å². The normalized spacial score (nSPS) is 31.5. The topological polar surface area (TPSA) is 81.4 Å². The smallest absolute Gasteiger partial charge is 0.317 e. The van der Waals surface area contributed by atoms with Gasteiger partial charge in [-0.15, -0.1) is 0 Å². The van der Waals surface area contributed by atoms with E-state index in [0.717, 1.165) is 74.8 Å². The highest BCUT2D eigenvalue weighted by Gasteiger charge is 2.58. The molecule has 0 spiro atoms. The quantitative estimate of drug-likeness (QED) is 0.0540. The predicted octanol–water partition coefficient (Wildman–Crippen LogP) is 10.3. The third-order valence-corrected chi connectivity index (χ3v) is 15.1. The minimum absolute atomic E-state index is 0.00812. The van der Waals surface area contributed by atoms with E-state index in [1.54, 1.807) is 5.57 Å². The van der Waals surface area contributed by atoms with Gasteiger partial charge in [0, 0.05) is 13.0 Å². The number of fused-ring (bicyclic) bond motifs is 5. The van der Waals surface area contributed by atoms with Crippen molar-refractivity contribution in [3.63, 3.8) is 0 Å². The fraction of sp³-hybridized carbons (Fsp3) is 0.900. The van der Waals surface area contributed by atoms with Crippen LogP contribution in [0, 0.1) is 40.4 Å². The van der Waals surface area contributed by atoms with Gasteiger partial charge in [0.15, 0.2) is 0 Å². The molecule has 3 saturated carbocycles. The zero-order valence-corrected chi connectivity index (χ0v) is 32.3. The first-order valence-corrected chi connectivity index (χ1v) is 22.3. The number of hydrogen-bond acceptors (Lipinski definition) is 6. The number of unbranched alkanes of at least 4 members (excludes halogenated alkanes) is 8. The van der Waals surface area contributed by atoms with Crippen molar-refractivity contribution >= 4 is 33.5 Å². The van der Waals surface area contributed by atoms with Crippen LogP contribution < -0.4 is 11.1 Å². The molecule has 3 N–H and O–H groups in total. The fourth-order valence-corrected chi connectivity index (χ4v) is 11.9. The minimum Gasteiger partial charge on any atom is -0.461 e. The average Bonchev–Trinajstić information content (AvgIpc) is 3.38. The average molecular weight is 691 g/mol. The summed E-state index contributed by atoms with van der Waals surface area (Å²) in [5.74, 6) is 4.91. The van der Waals surface area contributed by atoms with E-state index in [0.29, 0.717) is 16.9 Å². The Morgan fingerprint density at radius 1 is 0.894 bits per heavy atom. The van der Waals surface area contributed by atoms with Crippen molar-refractivity contribution in [3.8, 4) is 0 Å². The molecule has 7 heteroatoms. The van der Waals surface area contributed by atoms with E-state index in [1.807, 2.05) is 0 Å². The monoisotopic (exact) mass is 690 g/mol. The van der Waals surface area contributed by atoms with Crippen LogP contribution >= 0.6 is 21.6 Å². The summed E-state index contributed by atoms with van der Waals surface area (Å²) in [6.45, 7) is 11.5. The van der Waals surface area contributed by atoms with E-state index in [1.165, 1.54) is 118 Å². The first kappa shape index (κ1) is 39.1. The molecule has 0 saturated heterocycles. The van der Waals surface area contributed by atoms with E-state index in [4.69, 9.17) is 10.5 Å². The largest absolute Gasteiger partial charge is 0.461 e. The van der Waals surface area contributed by atoms with Gasteiger partial charge in [0.1, 0.15) is 11.9 Å². The lowest BCUT2D eigenvalue weighted by molar-refractivity contribution is -0.148. The number of allylic oxidation sites excluding steroid dienone is 1. The maximum Gasteiger partial charge on any atom is 0.317 e. The first-order chi connectivity index (χ1) is 22.7. The number of ether oxygens (including phenoxy) is 1. The third kappa shape index (κ3) is 11.2. The lowest BCUT2D eigenvalue weighted by Crippen LogP contribution is -2.50. The van der Waals surface area contributed by atoms with E-state index >= 15 is 0 Å². The van der Waals surface area contributed by atoms with Gasteiger partial charge >= 0.3 is 5.97 Å². The molecule has 270 valence electrons. The maximum atomic E-state index is 12.7. The fourth-order valence-electron chi connectivity index (χ4n) is 10.3. The Morgan fingerprint density at radius 3 is 2.36 bits per heavy atom. The minimum atomic E-state index is -0.132. The Kier molecular flexibility index (Phi) is 16.4. The molecule has 0 aromatic heterocycles. The predicted molar refractivity (Wildman–Crippen MR) is 202 cm³/mol. The molecule has 7 unspecified atom stereocenters. The third-order valence-electron chi connectivity index (χ3n) is 13.0. The number of amides is 1. The number of nitrogens with two attached hydrogens (primary N) is 1. The maximum absolute atomic E-state index is 12.7. The van der Waals surface area contributed by atoms with Crippen LogP contribution in [0.4, 0.5) is 0 Å². The zero-order chi connectivity index (χ0) is 33.7. The van der Waals surface area contributed by atoms with Crippen molar-refractivity contribution in [2.75, 3.05) is 24.6 Å². The molecule has 3 fully saturated rings. The SMILES string of the molecule is CC(C)CCCCC1CCC2C3CC=C4CC(OC(=O)CSSCC(=O)NCCCCCCCCCCN)CCC4(C)C3CCC12C. The van der Waals surface area contributed by atoms with Crippen LogP contribution in [0.3, 0.4) is 0 Å². The number of carbonyl (C=O) groups excluding carboxylic acids is 2. The van der Waals surface area contributed by atoms with Crippen LogP contribution in [0.5, 0.6) is 0 Å². The van der Waals surface area contributed by atoms with Gasteiger partial charge in [0.25, 0.3) is 0 Å². The summed E-state index contributed by atoms with van der Waals surface area (Å²) in [4.78, 5) is 24.9. The van der Waals surface area contributed by atoms with E-state index < -0.39 is 0 Å². The summed E-state index contributed by atoms with van der Waals surface area (Å²) in [6.07, 6.45) is 27.9. The van der Waals surface area contributed by atoms with Gasteiger partial charge in [-0.05, 0) is 111 Å². The van der Waals surface area contributed by atoms with Gasteiger partial charge in [-0.25, -0.2) is 0 Å². The van der Waals surface area contributed by atoms with Crippen molar-refractivity contribution in [1.82, 2.24) is 5.32 Å². The molecule has 0 bridgehead atoms. The van der Waals surface area contributed by atoms with Crippen molar-refractivity contribution in [2.45, 2.75) is 162 Å². The Hall–Kier alpha value is -0.660. The summed E-state index contributed by atoms with van der Waals surface area (Å²) < 4.78 is 6.01. The van der Waals surface area contributed by atoms with E-state index in [9.17, 15) is 9.59 Å². The van der Waals surface area contributed by atoms with Gasteiger partial charge < -0.3 is 15.8 Å². The Labute approximate surface area is 296 Å². The second kappa shape index (κ2) is 19.7. The summed E-state index contributed by atoms with van der Waals surface area (Å²) in [5, 5.41) is 3.03. The second-order valence-corrected chi connectivity index (χ2v) is 19.1. The molecule has 0 aromatic rings. The molecule has 4 aliphatic rings. The summed E-state index contributed by atoms with van der Waals surface area (Å²) in [6, 6.07) is 0. The Bertz CT molecular complexity index is 1000. The van der Waals surface area contributed by atoms with Crippen LogP contribution in [0.15, 0.2) is 11.6 Å². The second-order valence-electron chi connectivity index (χ2n) is 16.6. The van der Waals surface area contributed by atoms with Crippen molar-refractivity contribution < 1.29 is 14.3 Å². The number of carbonyl (C=O) groups is 2. The van der Waals surface area contributed by atoms with E-state index in [-0.39, 0.29) is 23.4 Å². The van der Waals surface area contributed by atoms with Crippen LogP contribution in [0.2, 0.25) is 0 Å². The molecule has 47 heavy (non-hydrogen) atoms. The molecule has 1 amide bonds. The van der Waals surface area contributed by atoms with Crippen molar-refractivity contribution in [2.24, 2.45) is 46.2 Å². The van der Waals surface area contributed by atoms with Crippen LogP contribution in [0.1, 0.15) is 156 Å². The highest BCUT2D eigenvalue weighted by Crippen LogP contribution is 2.66. The molecule has 7 atom stereocenters. The van der Waals surface area contributed by atoms with Gasteiger partial charge in [0.05, 0.1) is 5.75 Å². The van der Waals surface area contributed by atoms with Gasteiger partial charge in [-0.2, -0.15) is 0 Å². The van der Waals surface area contributed by atoms with Crippen molar-refractivity contribution in [3.05, 3.63) is 11.6 Å². The van der Waals surface area contributed by atoms with Gasteiger partial charge in [-0.1, -0.05) is 119 Å². The molecule has 0 aliphatic heterocycles. The number of rotatable bonds is 21. The number of nitrogens with one attached hydrogen (secondary N) is 1. The summed E-state index contributed by atoms with van der Waals surface area (Å²) in [5.41, 5.74) is 7.95. The molecular formula is C40H70N2O3S2. The first-order valence-electron chi connectivity index (χ1n) is 19.8. The standard InChI is InChI=1S/C40H70N2O3S2/c1-30(2)15-11-12-16-31-18-20-35-34-19-17-32-27-33(21-23-40(32,4)36(34)22-24-39(31,35)3)45-38(44)29-47-46-28-37(43)42-26-14-10-8-6-5-7-9-13-25-41/h17,30-31,33-36H,5-16,18-29,41H2,1-4H3,(H,42,43). The summed E-state index contributed by atoms with van der Waals surface area (Å²) in [7, 11) is 2.91. The molecule has 0 radical (unpaired) electrons. The zero-order valence-electron chi connectivity index (χ0n) is 30.6. The molecule has 4 aliphatic carbocycles. The Balaban J connectivity index is 1.10. The van der Waals surface area contributed by atoms with Crippen molar-refractivity contribution in [1.29, 1.82) is 0 Å². The lowest BCUT2D eigenvalue weighted by atomic mass is 9.47. The highest BCUT2D eigenvalue weighted by atomic mass is 33.1. The highest BCUT2D eigenvalue weighted by molar-refractivity contribution is 8.77. The molecule has 0 aromatic carbocycles. The molecule has 4 rings (SSSR count). The van der Waals surface area contributed by atoms with Crippen LogP contribution in [-0.4, -0.2) is 42.6 Å². The molecule has 0 heterocycles. The van der Waals surface area contributed by atoms with Crippen LogP contribution in [0.25, 0.3) is 0 Å². The van der Waals surface area contributed by atoms with Crippen LogP contribution in [-0.2, 0) is 14.3 Å². The lowest BCUT2D eigenvalue weighted by Gasteiger charge is -2.58. The number of esters is 1. The number of hydrogen-bond donors (Lipinski definition) is 2. The van der Waals surface area contributed by atoms with Gasteiger partial charge in [0.2, 0.25) is 5.91 Å². The molecule has 5 nitrogen and oxygen atoms in total. The van der Waals surface area contributed by atoms with Gasteiger partial charge in [-0.3, -0.25) is 9.59 Å². The summed E-state index contributed by atoms with van der Waals surface area (Å²) >= 11 is 0. The molecular weight excluding hydrogens is 621 g/mol.